The predicted octanol–water partition coefficient (Wildman–Crippen LogP) is -0.803. The van der Waals surface area contributed by atoms with Crippen LogP contribution in [0, 0.1) is 0 Å². The van der Waals surface area contributed by atoms with Gasteiger partial charge in [0.25, 0.3) is 5.91 Å². The minimum Gasteiger partial charge on any atom is -0.480 e. The summed E-state index contributed by atoms with van der Waals surface area (Å²) in [5.74, 6) is -3.46. The maximum absolute atomic E-state index is 13.1. The minimum atomic E-state index is -1.75. The van der Waals surface area contributed by atoms with Crippen molar-refractivity contribution in [2.24, 2.45) is 10.9 Å². The highest BCUT2D eigenvalue weighted by Crippen LogP contribution is 2.52. The fraction of sp³-hybridized carbons (Fsp3) is 0.579. The molecule has 1 aromatic heterocycles. The minimum absolute atomic E-state index is 0.0291. The number of anilines is 1. The van der Waals surface area contributed by atoms with Crippen molar-refractivity contribution in [1.29, 1.82) is 0 Å². The van der Waals surface area contributed by atoms with E-state index in [1.54, 1.807) is 0 Å². The van der Waals surface area contributed by atoms with Gasteiger partial charge in [-0.05, 0) is 13.8 Å². The number of ether oxygens (including phenoxy) is 1. The molecule has 2 fully saturated rings. The van der Waals surface area contributed by atoms with Crippen molar-refractivity contribution in [1.82, 2.24) is 15.2 Å². The topological polar surface area (TPSA) is 220 Å². The molecule has 1 aromatic rings. The molecular formula is C19H26N6O8S3. The van der Waals surface area contributed by atoms with Crippen molar-refractivity contribution in [3.8, 4) is 0 Å². The van der Waals surface area contributed by atoms with E-state index in [0.717, 1.165) is 34.9 Å². The molecule has 0 aliphatic carbocycles. The number of thioether (sulfide) groups is 2. The van der Waals surface area contributed by atoms with Crippen LogP contribution in [-0.2, 0) is 28.8 Å². The number of hydrogen-bond acceptors (Lipinski definition) is 13. The molecule has 4 atom stereocenters. The van der Waals surface area contributed by atoms with E-state index >= 15 is 0 Å². The molecule has 0 unspecified atom stereocenters. The number of nitrogens with two attached hydrogens (primary N) is 2. The third-order valence-corrected chi connectivity index (χ3v) is 9.35. The molecule has 2 aliphatic rings. The highest BCUT2D eigenvalue weighted by atomic mass is 32.2. The van der Waals surface area contributed by atoms with E-state index < -0.39 is 50.9 Å². The third-order valence-electron chi connectivity index (χ3n) is 5.21. The number of thiazole rings is 1. The average Bonchev–Trinajstić information content (AvgIpc) is 3.39. The summed E-state index contributed by atoms with van der Waals surface area (Å²) in [6.07, 6.45) is 0. The number of β-lactam (4-membered cyclic amide) rings is 1. The third kappa shape index (κ3) is 5.69. The van der Waals surface area contributed by atoms with Gasteiger partial charge >= 0.3 is 11.9 Å². The van der Waals surface area contributed by atoms with E-state index in [9.17, 15) is 29.4 Å². The van der Waals surface area contributed by atoms with Crippen molar-refractivity contribution in [3.63, 3.8) is 0 Å². The van der Waals surface area contributed by atoms with Crippen LogP contribution in [-0.4, -0.2) is 103 Å². The first-order valence-corrected chi connectivity index (χ1v) is 13.2. The second kappa shape index (κ2) is 10.8. The van der Waals surface area contributed by atoms with Crippen LogP contribution in [0.4, 0.5) is 5.13 Å². The number of nitrogens with zero attached hydrogens (tertiary/aromatic N) is 3. The Labute approximate surface area is 218 Å². The van der Waals surface area contributed by atoms with E-state index in [-0.39, 0.29) is 35.4 Å². The quantitative estimate of drug-likeness (QED) is 0.120. The first-order valence-electron chi connectivity index (χ1n) is 10.4. The molecular weight excluding hydrogens is 536 g/mol. The molecule has 0 radical (unpaired) electrons. The zero-order valence-corrected chi connectivity index (χ0v) is 21.9. The van der Waals surface area contributed by atoms with Gasteiger partial charge in [-0.15, -0.1) is 34.9 Å². The Bertz CT molecular complexity index is 1080. The molecule has 7 N–H and O–H groups in total. The second-order valence-electron chi connectivity index (χ2n) is 8.43. The molecule has 2 amide bonds. The van der Waals surface area contributed by atoms with Gasteiger partial charge in [0.05, 0.1) is 13.2 Å². The number of nitrogens with one attached hydrogen (secondary N) is 1. The SMILES string of the molecule is COC[C@@H](N)CS[C@]1(C(=O)O)CN2C(=O)[C@@H](NC(=O)/C(=N\OC(C)(C)C(=O)O)c3csc(N)n3)[C@H]2S1. The highest BCUT2D eigenvalue weighted by Gasteiger charge is 2.62. The Kier molecular flexibility index (Phi) is 8.39. The van der Waals surface area contributed by atoms with Crippen LogP contribution in [0.25, 0.3) is 0 Å². The Morgan fingerprint density at radius 3 is 2.69 bits per heavy atom. The van der Waals surface area contributed by atoms with E-state index in [4.69, 9.17) is 21.0 Å². The number of aromatic nitrogens is 1. The molecule has 14 nitrogen and oxygen atoms in total. The predicted molar refractivity (Wildman–Crippen MR) is 134 cm³/mol. The van der Waals surface area contributed by atoms with Gasteiger partial charge in [-0.1, -0.05) is 5.16 Å². The van der Waals surface area contributed by atoms with E-state index in [1.807, 2.05) is 0 Å². The van der Waals surface area contributed by atoms with Gasteiger partial charge in [0.1, 0.15) is 17.1 Å². The monoisotopic (exact) mass is 562 g/mol. The number of carbonyl (C=O) groups is 4. The molecule has 3 rings (SSSR count). The fourth-order valence-corrected chi connectivity index (χ4v) is 6.77. The summed E-state index contributed by atoms with van der Waals surface area (Å²) in [6.45, 7) is 2.68. The number of aliphatic carboxylic acids is 2. The molecule has 2 aliphatic heterocycles. The van der Waals surface area contributed by atoms with Crippen LogP contribution in [0.15, 0.2) is 10.5 Å². The van der Waals surface area contributed by atoms with Crippen molar-refractivity contribution < 1.29 is 39.0 Å². The van der Waals surface area contributed by atoms with Gasteiger partial charge in [-0.3, -0.25) is 9.59 Å². The number of methoxy groups -OCH3 is 1. The van der Waals surface area contributed by atoms with Crippen molar-refractivity contribution in [3.05, 3.63) is 11.1 Å². The lowest BCUT2D eigenvalue weighted by Crippen LogP contribution is -2.68. The zero-order valence-electron chi connectivity index (χ0n) is 19.5. The maximum Gasteiger partial charge on any atom is 0.350 e. The van der Waals surface area contributed by atoms with Crippen LogP contribution in [0.1, 0.15) is 19.5 Å². The second-order valence-corrected chi connectivity index (χ2v) is 12.3. The standard InChI is InChI=1S/C19H26N6O8S3/c1-18(2,15(28)29)33-24-10(9-6-34-17(21)22-9)12(26)23-11-13(27)25-7-19(16(30)31,36-14(11)25)35-5-8(20)4-32-3/h6,8,11,14H,4-5,7,20H2,1-3H3,(H2,21,22)(H,23,26)(H,28,29)(H,30,31)/b24-10-/t8-,11-,14-,19-/m1/s1. The number of oxime groups is 1. The Morgan fingerprint density at radius 2 is 2.14 bits per heavy atom. The van der Waals surface area contributed by atoms with Crippen LogP contribution in [0.5, 0.6) is 0 Å². The van der Waals surface area contributed by atoms with Crippen molar-refractivity contribution in [2.45, 2.75) is 41.0 Å². The van der Waals surface area contributed by atoms with E-state index in [1.165, 1.54) is 31.2 Å². The first kappa shape index (κ1) is 28.0. The van der Waals surface area contributed by atoms with Gasteiger partial charge in [0.2, 0.25) is 11.5 Å². The van der Waals surface area contributed by atoms with E-state index in [0.29, 0.717) is 0 Å². The lowest BCUT2D eigenvalue weighted by atomic mass is 10.1. The summed E-state index contributed by atoms with van der Waals surface area (Å²) in [5.41, 5.74) is 9.48. The number of rotatable bonds is 12. The van der Waals surface area contributed by atoms with Gasteiger partial charge in [0, 0.05) is 24.3 Å². The summed E-state index contributed by atoms with van der Waals surface area (Å²) in [4.78, 5) is 59.8. The number of fused-ring (bicyclic) bond motifs is 1. The number of nitrogen functional groups attached to an aromatic ring is 1. The van der Waals surface area contributed by atoms with Crippen molar-refractivity contribution in [2.75, 3.05) is 31.7 Å². The smallest absolute Gasteiger partial charge is 0.350 e. The number of amides is 2. The summed E-state index contributed by atoms with van der Waals surface area (Å²) >= 11 is 3.17. The number of carbonyl (C=O) groups excluding carboxylic acids is 2. The maximum atomic E-state index is 13.1. The number of carboxylic acid groups (broad SMARTS) is 2. The van der Waals surface area contributed by atoms with Gasteiger partial charge in [-0.2, -0.15) is 0 Å². The number of carboxylic acids is 2. The fourth-order valence-electron chi connectivity index (χ4n) is 3.19. The van der Waals surface area contributed by atoms with Crippen LogP contribution in [0.2, 0.25) is 0 Å². The Hall–Kier alpha value is -2.60. The molecule has 3 heterocycles. The Morgan fingerprint density at radius 1 is 1.44 bits per heavy atom. The van der Waals surface area contributed by atoms with Crippen molar-refractivity contribution >= 4 is 69.5 Å². The molecule has 17 heteroatoms. The molecule has 198 valence electrons. The lowest BCUT2D eigenvalue weighted by Gasteiger charge is -2.41. The normalized spacial score (nSPS) is 24.6. The van der Waals surface area contributed by atoms with Crippen LogP contribution >= 0.6 is 34.9 Å². The van der Waals surface area contributed by atoms with Gasteiger partial charge < -0.3 is 41.5 Å². The Balaban J connectivity index is 1.76. The molecule has 0 saturated carbocycles. The van der Waals surface area contributed by atoms with Crippen LogP contribution in [0.3, 0.4) is 0 Å². The average molecular weight is 563 g/mol. The van der Waals surface area contributed by atoms with Gasteiger partial charge in [-0.25, -0.2) is 14.6 Å². The molecule has 36 heavy (non-hydrogen) atoms. The highest BCUT2D eigenvalue weighted by molar-refractivity contribution is 8.20. The summed E-state index contributed by atoms with van der Waals surface area (Å²) in [6, 6.07) is -1.43. The summed E-state index contributed by atoms with van der Waals surface area (Å²) in [5, 5.41) is 26.3. The summed E-state index contributed by atoms with van der Waals surface area (Å²) < 4.78 is 3.63. The lowest BCUT2D eigenvalue weighted by molar-refractivity contribution is -0.161. The zero-order chi connectivity index (χ0) is 26.8. The molecule has 0 spiro atoms. The van der Waals surface area contributed by atoms with E-state index in [2.05, 4.69) is 15.5 Å². The molecule has 0 aromatic carbocycles. The number of hydrogen-bond donors (Lipinski definition) is 5. The molecule has 2 saturated heterocycles. The van der Waals surface area contributed by atoms with Crippen LogP contribution < -0.4 is 16.8 Å². The summed E-state index contributed by atoms with van der Waals surface area (Å²) in [7, 11) is 1.49. The first-order chi connectivity index (χ1) is 16.8. The van der Waals surface area contributed by atoms with Gasteiger partial charge in [0.15, 0.2) is 14.9 Å². The largest absolute Gasteiger partial charge is 0.480 e. The molecule has 0 bridgehead atoms.